The van der Waals surface area contributed by atoms with E-state index in [1.54, 1.807) is 6.92 Å². The minimum absolute atomic E-state index is 0.111. The fourth-order valence-electron chi connectivity index (χ4n) is 10.2. The largest absolute Gasteiger partial charge is 0.748 e. The Morgan fingerprint density at radius 1 is 1.06 bits per heavy atom. The van der Waals surface area contributed by atoms with Crippen LogP contribution in [-0.2, 0) is 50.6 Å². The third-order valence-electron chi connectivity index (χ3n) is 12.4. The molecule has 13 nitrogen and oxygen atoms in total. The minimum atomic E-state index is -3.00. The van der Waals surface area contributed by atoms with Crippen LogP contribution in [-0.4, -0.2) is 81.4 Å². The summed E-state index contributed by atoms with van der Waals surface area (Å²) in [6.45, 7) is 12.2. The Balaban J connectivity index is 1.42. The maximum absolute atomic E-state index is 11.9. The Morgan fingerprint density at radius 3 is 2.42 bits per heavy atom. The highest BCUT2D eigenvalue weighted by molar-refractivity contribution is 7.74. The molecule has 5 aliphatic rings. The van der Waals surface area contributed by atoms with E-state index in [1.165, 1.54) is 11.1 Å². The molecule has 3 N–H and O–H groups in total. The Kier molecular flexibility index (Phi) is 12.2. The third-order valence-corrected chi connectivity index (χ3v) is 12.8. The average molecular weight is 721 g/mol. The highest BCUT2D eigenvalue weighted by Gasteiger charge is 2.62. The molecule has 1 aliphatic heterocycles. The minimum Gasteiger partial charge on any atom is -0.748 e. The normalized spacial score (nSPS) is 45.1. The molecule has 276 valence electrons. The van der Waals surface area contributed by atoms with E-state index in [1.807, 2.05) is 6.92 Å². The number of hydrogen-bond acceptors (Lipinski definition) is 13. The first-order valence-corrected chi connectivity index (χ1v) is 19.1. The number of aliphatic hydroxyl groups is 3. The lowest BCUT2D eigenvalue weighted by atomic mass is 9.47. The summed E-state index contributed by atoms with van der Waals surface area (Å²) < 4.78 is 65.2. The van der Waals surface area contributed by atoms with Gasteiger partial charge in [-0.2, -0.15) is 0 Å². The van der Waals surface area contributed by atoms with Gasteiger partial charge in [0.2, 0.25) is 0 Å². The van der Waals surface area contributed by atoms with Gasteiger partial charge in [-0.25, -0.2) is 18.2 Å². The molecule has 0 aromatic heterocycles. The molecular formula is C33H52O13S2-2. The first kappa shape index (κ1) is 38.6. The van der Waals surface area contributed by atoms with E-state index in [2.05, 4.69) is 48.5 Å². The average Bonchev–Trinajstić information content (AvgIpc) is 3.36. The van der Waals surface area contributed by atoms with Crippen LogP contribution in [0.15, 0.2) is 23.3 Å². The van der Waals surface area contributed by atoms with Crippen molar-refractivity contribution in [3.05, 3.63) is 23.3 Å². The van der Waals surface area contributed by atoms with Crippen molar-refractivity contribution in [3.8, 4) is 0 Å². The van der Waals surface area contributed by atoms with Crippen molar-refractivity contribution in [2.45, 2.75) is 148 Å². The maximum atomic E-state index is 11.9. The zero-order chi connectivity index (χ0) is 35.2. The lowest BCUT2D eigenvalue weighted by Crippen LogP contribution is -2.61. The van der Waals surface area contributed by atoms with Crippen LogP contribution in [0.5, 0.6) is 0 Å². The van der Waals surface area contributed by atoms with Gasteiger partial charge in [0.05, 0.1) is 23.9 Å². The molecule has 0 radical (unpaired) electrons. The van der Waals surface area contributed by atoms with Gasteiger partial charge in [0.1, 0.15) is 41.0 Å². The molecule has 5 rings (SSSR count). The van der Waals surface area contributed by atoms with Gasteiger partial charge in [-0.3, -0.25) is 0 Å². The van der Waals surface area contributed by atoms with Crippen LogP contribution < -0.4 is 0 Å². The fourth-order valence-corrected chi connectivity index (χ4v) is 10.5. The summed E-state index contributed by atoms with van der Waals surface area (Å²) >= 11 is -5.83. The van der Waals surface area contributed by atoms with E-state index in [0.717, 1.165) is 25.7 Å². The molecule has 1 saturated heterocycles. The number of rotatable bonds is 12. The fraction of sp³-hybridized carbons (Fsp3) is 0.879. The molecule has 0 spiro atoms. The summed E-state index contributed by atoms with van der Waals surface area (Å²) in [4.78, 5) is 10.1. The maximum Gasteiger partial charge on any atom is 0.186 e. The number of aliphatic hydroxyl groups excluding tert-OH is 2. The highest BCUT2D eigenvalue weighted by atomic mass is 32.2. The lowest BCUT2D eigenvalue weighted by Gasteiger charge is -2.60. The van der Waals surface area contributed by atoms with Gasteiger partial charge in [0.15, 0.2) is 6.29 Å². The van der Waals surface area contributed by atoms with E-state index in [0.29, 0.717) is 32.1 Å². The van der Waals surface area contributed by atoms with Gasteiger partial charge in [-0.05, 0) is 120 Å². The number of hydrogen-bond donors (Lipinski definition) is 3. The van der Waals surface area contributed by atoms with Gasteiger partial charge < -0.3 is 33.9 Å². The first-order valence-electron chi connectivity index (χ1n) is 17.1. The molecule has 4 aliphatic carbocycles. The van der Waals surface area contributed by atoms with E-state index in [9.17, 15) is 32.8 Å². The van der Waals surface area contributed by atoms with Gasteiger partial charge in [0, 0.05) is 0 Å². The van der Waals surface area contributed by atoms with Crippen LogP contribution >= 0.6 is 0 Å². The molecule has 16 atom stereocenters. The molecule has 1 heterocycles. The summed E-state index contributed by atoms with van der Waals surface area (Å²) in [6.07, 6.45) is 3.50. The topological polar surface area (TPSA) is 196 Å². The van der Waals surface area contributed by atoms with E-state index < -0.39 is 71.2 Å². The lowest BCUT2D eigenvalue weighted by molar-refractivity contribution is -0.364. The van der Waals surface area contributed by atoms with Crippen LogP contribution in [0.3, 0.4) is 0 Å². The zero-order valence-electron chi connectivity index (χ0n) is 28.6. The molecule has 48 heavy (non-hydrogen) atoms. The van der Waals surface area contributed by atoms with E-state index >= 15 is 0 Å². The zero-order valence-corrected chi connectivity index (χ0v) is 30.2. The van der Waals surface area contributed by atoms with Crippen molar-refractivity contribution in [2.75, 3.05) is 0 Å². The molecule has 15 heteroatoms. The second-order valence-electron chi connectivity index (χ2n) is 15.6. The molecule has 4 fully saturated rings. The molecule has 0 bridgehead atoms. The SMILES string of the molecule is CC(C)=CCC[C@](C)(O)C1CCC2C3CC(OC4OC(C)C(OOS(=O)[O-])C(O)C4O)[C@H]4CC(OOS(=O)[O-])CCC4(C)C3=CCC21C. The predicted molar refractivity (Wildman–Crippen MR) is 171 cm³/mol. The van der Waals surface area contributed by atoms with Crippen LogP contribution in [0.25, 0.3) is 0 Å². The first-order chi connectivity index (χ1) is 22.5. The van der Waals surface area contributed by atoms with Crippen LogP contribution in [0.2, 0.25) is 0 Å². The van der Waals surface area contributed by atoms with Gasteiger partial charge in [0.25, 0.3) is 0 Å². The molecule has 0 aromatic carbocycles. The van der Waals surface area contributed by atoms with Crippen LogP contribution in [0.4, 0.5) is 0 Å². The van der Waals surface area contributed by atoms with Gasteiger partial charge in [-0.1, -0.05) is 37.1 Å². The second kappa shape index (κ2) is 15.1. The van der Waals surface area contributed by atoms with Gasteiger partial charge in [-0.15, -0.1) is 8.67 Å². The third kappa shape index (κ3) is 7.74. The molecule has 14 unspecified atom stereocenters. The Labute approximate surface area is 288 Å². The van der Waals surface area contributed by atoms with Crippen molar-refractivity contribution >= 4 is 22.7 Å². The Bertz CT molecular complexity index is 1260. The van der Waals surface area contributed by atoms with Crippen molar-refractivity contribution < 1.29 is 60.8 Å². The Hall–Kier alpha value is -0.660. The van der Waals surface area contributed by atoms with Crippen LogP contribution in [0.1, 0.15) is 99.3 Å². The number of ether oxygens (including phenoxy) is 2. The highest BCUT2D eigenvalue weighted by Crippen LogP contribution is 2.67. The van der Waals surface area contributed by atoms with Crippen molar-refractivity contribution in [1.82, 2.24) is 0 Å². The van der Waals surface area contributed by atoms with Crippen molar-refractivity contribution in [1.29, 1.82) is 0 Å². The smallest absolute Gasteiger partial charge is 0.186 e. The summed E-state index contributed by atoms with van der Waals surface area (Å²) in [5.74, 6) is 0.362. The van der Waals surface area contributed by atoms with Crippen molar-refractivity contribution in [2.24, 2.45) is 34.5 Å². The predicted octanol–water partition coefficient (Wildman–Crippen LogP) is 3.75. The van der Waals surface area contributed by atoms with Gasteiger partial charge >= 0.3 is 0 Å². The standard InChI is InChI=1S/C33H54O13S2/c1-18(2)8-7-13-33(6,36)26-10-9-22-21-17-25(42-30-28(35)27(34)29(19(3)41-30)44-46-48(39)40)24-16-20(43-45-47(37)38)11-14-31(24,4)23(21)12-15-32(22,26)5/h8,12,19-22,24-30,34-36H,7,9-11,13-17H2,1-6H3,(H,37,38)(H,39,40)/p-2/t19?,20?,21?,22?,24-,25?,26?,27?,28?,29?,30?,31?,32?,33+/m1/s1. The van der Waals surface area contributed by atoms with Crippen molar-refractivity contribution in [3.63, 3.8) is 0 Å². The quantitative estimate of drug-likeness (QED) is 0.114. The summed E-state index contributed by atoms with van der Waals surface area (Å²) in [5, 5.41) is 33.8. The molecule has 0 aromatic rings. The monoisotopic (exact) mass is 720 g/mol. The van der Waals surface area contributed by atoms with E-state index in [-0.39, 0.29) is 34.5 Å². The second-order valence-corrected chi connectivity index (χ2v) is 16.7. The summed E-state index contributed by atoms with van der Waals surface area (Å²) in [7, 11) is 0. The molecular weight excluding hydrogens is 668 g/mol. The number of fused-ring (bicyclic) bond motifs is 5. The Morgan fingerprint density at radius 2 is 1.75 bits per heavy atom. The molecule has 0 amide bonds. The molecule has 3 saturated carbocycles. The number of allylic oxidation sites excluding steroid dienone is 4. The van der Waals surface area contributed by atoms with Crippen LogP contribution in [0, 0.1) is 34.5 Å². The van der Waals surface area contributed by atoms with E-state index in [4.69, 9.17) is 19.2 Å². The summed E-state index contributed by atoms with van der Waals surface area (Å²) in [6, 6.07) is 0. The summed E-state index contributed by atoms with van der Waals surface area (Å²) in [5.41, 5.74) is 1.29.